The molecular weight excluding hydrogens is 248 g/mol. The average molecular weight is 259 g/mol. The highest BCUT2D eigenvalue weighted by molar-refractivity contribution is 7.99. The molecular formula is C9H11ClN4OS. The van der Waals surface area contributed by atoms with E-state index in [4.69, 9.17) is 11.6 Å². The molecule has 1 atom stereocenters. The van der Waals surface area contributed by atoms with E-state index in [1.165, 1.54) is 6.20 Å². The summed E-state index contributed by atoms with van der Waals surface area (Å²) in [6.45, 7) is 0.854. The summed E-state index contributed by atoms with van der Waals surface area (Å²) in [5.74, 6) is 2.18. The maximum atomic E-state index is 11.8. The van der Waals surface area contributed by atoms with E-state index < -0.39 is 0 Å². The molecule has 16 heavy (non-hydrogen) atoms. The second-order valence-electron chi connectivity index (χ2n) is 3.28. The molecule has 7 heteroatoms. The van der Waals surface area contributed by atoms with Crippen LogP contribution in [0.1, 0.15) is 0 Å². The first-order chi connectivity index (χ1) is 7.75. The molecule has 2 rings (SSSR count). The maximum absolute atomic E-state index is 11.8. The summed E-state index contributed by atoms with van der Waals surface area (Å²) in [5, 5.41) is 5.98. The van der Waals surface area contributed by atoms with Gasteiger partial charge in [0.2, 0.25) is 11.2 Å². The van der Waals surface area contributed by atoms with Gasteiger partial charge in [-0.15, -0.1) is 0 Å². The van der Waals surface area contributed by atoms with E-state index in [9.17, 15) is 4.79 Å². The van der Waals surface area contributed by atoms with Crippen molar-refractivity contribution in [2.45, 2.75) is 6.04 Å². The van der Waals surface area contributed by atoms with Crippen molar-refractivity contribution in [3.05, 3.63) is 17.5 Å². The quantitative estimate of drug-likeness (QED) is 0.768. The molecule has 0 aliphatic carbocycles. The van der Waals surface area contributed by atoms with Crippen molar-refractivity contribution < 1.29 is 4.79 Å². The van der Waals surface area contributed by atoms with Crippen molar-refractivity contribution >= 4 is 35.1 Å². The molecule has 0 bridgehead atoms. The number of anilines is 1. The smallest absolute Gasteiger partial charge is 0.243 e. The van der Waals surface area contributed by atoms with Crippen LogP contribution in [0.4, 0.5) is 5.82 Å². The van der Waals surface area contributed by atoms with Crippen LogP contribution < -0.4 is 10.6 Å². The van der Waals surface area contributed by atoms with Crippen molar-refractivity contribution in [1.82, 2.24) is 15.3 Å². The Morgan fingerprint density at radius 1 is 1.69 bits per heavy atom. The van der Waals surface area contributed by atoms with Crippen LogP contribution >= 0.6 is 23.4 Å². The largest absolute Gasteiger partial charge is 0.309 e. The lowest BCUT2D eigenvalue weighted by molar-refractivity contribution is -0.117. The molecule has 86 valence electrons. The molecule has 1 aromatic rings. The number of carbonyl (C=O) groups is 1. The zero-order chi connectivity index (χ0) is 11.4. The fraction of sp³-hybridized carbons (Fsp3) is 0.444. The summed E-state index contributed by atoms with van der Waals surface area (Å²) in [6.07, 6.45) is 1.51. The lowest BCUT2D eigenvalue weighted by Crippen LogP contribution is -2.46. The van der Waals surface area contributed by atoms with Gasteiger partial charge in [-0.3, -0.25) is 4.79 Å². The zero-order valence-corrected chi connectivity index (χ0v) is 10.0. The minimum Gasteiger partial charge on any atom is -0.309 e. The number of hydrogen-bond donors (Lipinski definition) is 2. The highest BCUT2D eigenvalue weighted by Gasteiger charge is 2.21. The van der Waals surface area contributed by atoms with E-state index in [2.05, 4.69) is 20.6 Å². The van der Waals surface area contributed by atoms with Gasteiger partial charge in [0, 0.05) is 24.2 Å². The lowest BCUT2D eigenvalue weighted by Gasteiger charge is -2.21. The average Bonchev–Trinajstić information content (AvgIpc) is 2.30. The number of rotatable bonds is 2. The van der Waals surface area contributed by atoms with Gasteiger partial charge in [0.05, 0.1) is 6.04 Å². The molecule has 1 aliphatic heterocycles. The van der Waals surface area contributed by atoms with Crippen LogP contribution in [0, 0.1) is 0 Å². The van der Waals surface area contributed by atoms with Crippen LogP contribution in [0.25, 0.3) is 0 Å². The third-order valence-corrected chi connectivity index (χ3v) is 3.36. The van der Waals surface area contributed by atoms with E-state index >= 15 is 0 Å². The number of nitrogens with zero attached hydrogens (tertiary/aromatic N) is 2. The number of aromatic nitrogens is 2. The van der Waals surface area contributed by atoms with E-state index in [1.54, 1.807) is 17.8 Å². The molecule has 1 aliphatic rings. The number of thioether (sulfide) groups is 1. The number of carbonyl (C=O) groups excluding carboxylic acids is 1. The van der Waals surface area contributed by atoms with Crippen molar-refractivity contribution in [3.63, 3.8) is 0 Å². The first-order valence-corrected chi connectivity index (χ1v) is 6.39. The predicted octanol–water partition coefficient (Wildman–Crippen LogP) is 0.773. The first-order valence-electron chi connectivity index (χ1n) is 4.86. The van der Waals surface area contributed by atoms with E-state index in [0.717, 1.165) is 18.1 Å². The Bertz CT molecular complexity index is 384. The zero-order valence-electron chi connectivity index (χ0n) is 8.44. The van der Waals surface area contributed by atoms with Gasteiger partial charge in [-0.05, 0) is 17.7 Å². The molecule has 1 unspecified atom stereocenters. The van der Waals surface area contributed by atoms with Crippen molar-refractivity contribution in [2.75, 3.05) is 23.4 Å². The van der Waals surface area contributed by atoms with Crippen LogP contribution in [0.3, 0.4) is 0 Å². The highest BCUT2D eigenvalue weighted by atomic mass is 35.5. The van der Waals surface area contributed by atoms with Crippen LogP contribution in [0.5, 0.6) is 0 Å². The summed E-state index contributed by atoms with van der Waals surface area (Å²) >= 11 is 7.38. The fourth-order valence-corrected chi connectivity index (χ4v) is 2.43. The molecule has 1 aromatic heterocycles. The second kappa shape index (κ2) is 5.47. The summed E-state index contributed by atoms with van der Waals surface area (Å²) < 4.78 is 0. The Morgan fingerprint density at radius 2 is 2.56 bits per heavy atom. The Morgan fingerprint density at radius 3 is 3.25 bits per heavy atom. The van der Waals surface area contributed by atoms with Gasteiger partial charge in [0.15, 0.2) is 0 Å². The van der Waals surface area contributed by atoms with E-state index in [1.807, 2.05) is 0 Å². The van der Waals surface area contributed by atoms with E-state index in [0.29, 0.717) is 5.82 Å². The molecule has 1 fully saturated rings. The topological polar surface area (TPSA) is 66.9 Å². The number of hydrogen-bond acceptors (Lipinski definition) is 5. The lowest BCUT2D eigenvalue weighted by atomic mass is 10.3. The van der Waals surface area contributed by atoms with Gasteiger partial charge >= 0.3 is 0 Å². The molecule has 0 spiro atoms. The van der Waals surface area contributed by atoms with E-state index in [-0.39, 0.29) is 17.2 Å². The summed E-state index contributed by atoms with van der Waals surface area (Å²) in [4.78, 5) is 19.4. The molecule has 2 heterocycles. The second-order valence-corrected chi connectivity index (χ2v) is 4.77. The minimum absolute atomic E-state index is 0.0815. The minimum atomic E-state index is -0.160. The highest BCUT2D eigenvalue weighted by Crippen LogP contribution is 2.10. The Labute approximate surface area is 102 Å². The molecule has 1 amide bonds. The van der Waals surface area contributed by atoms with Gasteiger partial charge in [0.1, 0.15) is 5.82 Å². The van der Waals surface area contributed by atoms with Gasteiger partial charge < -0.3 is 10.6 Å². The number of nitrogens with one attached hydrogen (secondary N) is 2. The Hall–Kier alpha value is -0.850. The predicted molar refractivity (Wildman–Crippen MR) is 64.8 cm³/mol. The third-order valence-electron chi connectivity index (χ3n) is 2.12. The summed E-state index contributed by atoms with van der Waals surface area (Å²) in [5.41, 5.74) is 0. The molecule has 1 saturated heterocycles. The molecule has 0 saturated carbocycles. The van der Waals surface area contributed by atoms with Gasteiger partial charge in [-0.1, -0.05) is 0 Å². The Balaban J connectivity index is 1.96. The monoisotopic (exact) mass is 258 g/mol. The Kier molecular flexibility index (Phi) is 3.98. The summed E-state index contributed by atoms with van der Waals surface area (Å²) in [6, 6.07) is 1.45. The molecule has 0 radical (unpaired) electrons. The van der Waals surface area contributed by atoms with Crippen molar-refractivity contribution in [2.24, 2.45) is 0 Å². The maximum Gasteiger partial charge on any atom is 0.243 e. The molecule has 0 aromatic carbocycles. The summed E-state index contributed by atoms with van der Waals surface area (Å²) in [7, 11) is 0. The SMILES string of the molecule is O=C(Nc1ccnc(Cl)n1)C1CSCCN1. The van der Waals surface area contributed by atoms with Crippen molar-refractivity contribution in [1.29, 1.82) is 0 Å². The number of amides is 1. The third kappa shape index (κ3) is 3.07. The van der Waals surface area contributed by atoms with Gasteiger partial charge in [-0.2, -0.15) is 11.8 Å². The standard InChI is InChI=1S/C9H11ClN4OS/c10-9-12-2-1-7(14-9)13-8(15)6-5-16-4-3-11-6/h1-2,6,11H,3-5H2,(H,12,13,14,15). The van der Waals surface area contributed by atoms with Gasteiger partial charge in [-0.25, -0.2) is 9.97 Å². The fourth-order valence-electron chi connectivity index (χ4n) is 1.35. The van der Waals surface area contributed by atoms with Gasteiger partial charge in [0.25, 0.3) is 0 Å². The van der Waals surface area contributed by atoms with Crippen LogP contribution in [-0.4, -0.2) is 40.0 Å². The van der Waals surface area contributed by atoms with Crippen LogP contribution in [-0.2, 0) is 4.79 Å². The molecule has 5 nitrogen and oxygen atoms in total. The number of halogens is 1. The van der Waals surface area contributed by atoms with Crippen LogP contribution in [0.15, 0.2) is 12.3 Å². The van der Waals surface area contributed by atoms with Crippen LogP contribution in [0.2, 0.25) is 5.28 Å². The first kappa shape index (κ1) is 11.6. The van der Waals surface area contributed by atoms with Crippen molar-refractivity contribution in [3.8, 4) is 0 Å². The molecule has 2 N–H and O–H groups in total. The normalized spacial score (nSPS) is 20.4.